The first-order chi connectivity index (χ1) is 15.8. The molecule has 0 unspecified atom stereocenters. The van der Waals surface area contributed by atoms with Crippen LogP contribution in [-0.2, 0) is 14.8 Å². The maximum Gasteiger partial charge on any atom is 0.282 e. The van der Waals surface area contributed by atoms with Gasteiger partial charge in [-0.05, 0) is 48.9 Å². The van der Waals surface area contributed by atoms with Crippen molar-refractivity contribution >= 4 is 27.3 Å². The van der Waals surface area contributed by atoms with Crippen molar-refractivity contribution in [1.82, 2.24) is 0 Å². The first-order valence-electron chi connectivity index (χ1n) is 10.6. The van der Waals surface area contributed by atoms with E-state index in [1.54, 1.807) is 42.5 Å². The van der Waals surface area contributed by atoms with Crippen LogP contribution < -0.4 is 4.74 Å². The lowest BCUT2D eigenvalue weighted by atomic mass is 9.78. The molecule has 3 atom stereocenters. The number of nitrogens with zero attached hydrogens (tertiary/aromatic N) is 1. The van der Waals surface area contributed by atoms with Crippen molar-refractivity contribution in [3.8, 4) is 5.75 Å². The van der Waals surface area contributed by atoms with E-state index in [1.165, 1.54) is 0 Å². The Morgan fingerprint density at radius 1 is 1.06 bits per heavy atom. The quantitative estimate of drug-likeness (QED) is 0.461. The smallest absolute Gasteiger partial charge is 0.282 e. The second kappa shape index (κ2) is 8.13. The molecule has 0 saturated carbocycles. The van der Waals surface area contributed by atoms with Crippen LogP contribution in [0.15, 0.2) is 94.7 Å². The molecule has 5 nitrogen and oxygen atoms in total. The summed E-state index contributed by atoms with van der Waals surface area (Å²) in [6.45, 7) is 6.20. The Morgan fingerprint density at radius 3 is 2.45 bits per heavy atom. The molecule has 0 N–H and O–H groups in total. The summed E-state index contributed by atoms with van der Waals surface area (Å²) in [4.78, 5) is 0.122. The highest BCUT2D eigenvalue weighted by Gasteiger charge is 2.61. The van der Waals surface area contributed by atoms with E-state index in [0.29, 0.717) is 28.7 Å². The number of hydrogen-bond acceptors (Lipinski definition) is 4. The van der Waals surface area contributed by atoms with Crippen LogP contribution in [-0.4, -0.2) is 26.3 Å². The summed E-state index contributed by atoms with van der Waals surface area (Å²) in [6.07, 6.45) is 1.15. The number of ether oxygens (including phenoxy) is 2. The van der Waals surface area contributed by atoms with Gasteiger partial charge in [0.2, 0.25) is 0 Å². The molecular formula is C26H22ClNO4S. The molecule has 2 aliphatic rings. The minimum absolute atomic E-state index is 0.122. The van der Waals surface area contributed by atoms with Crippen molar-refractivity contribution in [2.75, 3.05) is 6.61 Å². The molecule has 5 rings (SSSR count). The molecule has 7 heteroatoms. The summed E-state index contributed by atoms with van der Waals surface area (Å²) in [6, 6.07) is 21.2. The maximum absolute atomic E-state index is 13.4. The van der Waals surface area contributed by atoms with E-state index in [9.17, 15) is 8.42 Å². The second-order valence-corrected chi connectivity index (χ2v) is 10.3. The molecule has 0 radical (unpaired) electrons. The van der Waals surface area contributed by atoms with E-state index in [-0.39, 0.29) is 10.8 Å². The summed E-state index contributed by atoms with van der Waals surface area (Å²) in [5, 5.41) is 0.595. The number of fused-ring (bicyclic) bond motifs is 1. The summed E-state index contributed by atoms with van der Waals surface area (Å²) in [5.74, 6) is 0.240. The van der Waals surface area contributed by atoms with Crippen LogP contribution in [0.4, 0.5) is 0 Å². The molecule has 2 aliphatic heterocycles. The highest BCUT2D eigenvalue weighted by molar-refractivity contribution is 7.90. The molecule has 0 amide bonds. The Kier molecular flexibility index (Phi) is 5.40. The summed E-state index contributed by atoms with van der Waals surface area (Å²) < 4.78 is 43.9. The van der Waals surface area contributed by atoms with E-state index >= 15 is 0 Å². The molecule has 1 fully saturated rings. The Hall–Kier alpha value is -2.93. The lowest BCUT2D eigenvalue weighted by molar-refractivity contribution is 0.0256. The lowest BCUT2D eigenvalue weighted by Crippen LogP contribution is -2.49. The fourth-order valence-electron chi connectivity index (χ4n) is 4.49. The van der Waals surface area contributed by atoms with Gasteiger partial charge in [0.15, 0.2) is 5.60 Å². The molecule has 33 heavy (non-hydrogen) atoms. The zero-order valence-electron chi connectivity index (χ0n) is 17.9. The van der Waals surface area contributed by atoms with E-state index in [0.717, 1.165) is 11.1 Å². The van der Waals surface area contributed by atoms with Crippen molar-refractivity contribution in [2.24, 2.45) is 10.3 Å². The van der Waals surface area contributed by atoms with Crippen LogP contribution >= 0.6 is 11.6 Å². The van der Waals surface area contributed by atoms with Crippen LogP contribution in [0, 0.1) is 12.8 Å². The average Bonchev–Trinajstić information content (AvgIpc) is 3.32. The van der Waals surface area contributed by atoms with Gasteiger partial charge in [0.1, 0.15) is 17.6 Å². The number of aryl methyl sites for hydroxylation is 1. The van der Waals surface area contributed by atoms with Gasteiger partial charge < -0.3 is 9.47 Å². The monoisotopic (exact) mass is 479 g/mol. The fraction of sp³-hybridized carbons (Fsp3) is 0.192. The van der Waals surface area contributed by atoms with E-state index in [4.69, 9.17) is 21.1 Å². The van der Waals surface area contributed by atoms with E-state index in [1.807, 2.05) is 43.3 Å². The standard InChI is InChI=1S/C26H22ClNO4S/c1-3-19-16-31-25(18-10-12-20(27)13-11-18)26(19)24(22-6-4-5-7-23(22)32-26)28-33(29,30)21-14-8-17(2)9-15-21/h3-15,19,25H,1,16H2,2H3/b28-24+/t19-,25-,26+/m0/s1. The van der Waals surface area contributed by atoms with Gasteiger partial charge >= 0.3 is 0 Å². The van der Waals surface area contributed by atoms with Crippen molar-refractivity contribution in [3.63, 3.8) is 0 Å². The van der Waals surface area contributed by atoms with Crippen LogP contribution in [0.5, 0.6) is 5.75 Å². The molecule has 0 aliphatic carbocycles. The number of halogens is 1. The predicted molar refractivity (Wildman–Crippen MR) is 129 cm³/mol. The van der Waals surface area contributed by atoms with E-state index in [2.05, 4.69) is 11.0 Å². The van der Waals surface area contributed by atoms with Gasteiger partial charge in [0, 0.05) is 16.5 Å². The van der Waals surface area contributed by atoms with Gasteiger partial charge in [-0.3, -0.25) is 0 Å². The summed E-state index contributed by atoms with van der Waals surface area (Å²) in [5.41, 5.74) is 1.55. The van der Waals surface area contributed by atoms with Crippen LogP contribution in [0.1, 0.15) is 22.8 Å². The van der Waals surface area contributed by atoms with Gasteiger partial charge in [0.25, 0.3) is 10.0 Å². The zero-order valence-corrected chi connectivity index (χ0v) is 19.5. The Bertz CT molecular complexity index is 1350. The van der Waals surface area contributed by atoms with Gasteiger partial charge in [-0.1, -0.05) is 59.6 Å². The highest BCUT2D eigenvalue weighted by atomic mass is 35.5. The van der Waals surface area contributed by atoms with Crippen LogP contribution in [0.25, 0.3) is 0 Å². The number of rotatable bonds is 4. The molecule has 3 aromatic carbocycles. The van der Waals surface area contributed by atoms with Gasteiger partial charge in [0.05, 0.1) is 11.5 Å². The molecule has 3 aromatic rings. The van der Waals surface area contributed by atoms with Crippen molar-refractivity contribution in [3.05, 3.63) is 107 Å². The third-order valence-corrected chi connectivity index (χ3v) is 7.70. The van der Waals surface area contributed by atoms with Gasteiger partial charge in [-0.2, -0.15) is 12.8 Å². The molecule has 0 aromatic heterocycles. The number of sulfonamides is 1. The van der Waals surface area contributed by atoms with Crippen molar-refractivity contribution < 1.29 is 17.9 Å². The Labute approximate surface area is 198 Å². The third-order valence-electron chi connectivity index (χ3n) is 6.16. The first kappa shape index (κ1) is 21.9. The molecule has 0 bridgehead atoms. The van der Waals surface area contributed by atoms with Crippen molar-refractivity contribution in [1.29, 1.82) is 0 Å². The second-order valence-electron chi connectivity index (χ2n) is 8.23. The fourth-order valence-corrected chi connectivity index (χ4v) is 5.68. The SMILES string of the molecule is C=C[C@H]1CO[C@@H](c2ccc(Cl)cc2)[C@@]12Oc1ccccc1/C2=N\S(=O)(=O)c1ccc(C)cc1. The molecule has 1 saturated heterocycles. The summed E-state index contributed by atoms with van der Waals surface area (Å²) in [7, 11) is -4.01. The maximum atomic E-state index is 13.4. The number of benzene rings is 3. The largest absolute Gasteiger partial charge is 0.476 e. The minimum atomic E-state index is -4.01. The molecular weight excluding hydrogens is 458 g/mol. The highest BCUT2D eigenvalue weighted by Crippen LogP contribution is 2.53. The molecule has 1 spiro atoms. The topological polar surface area (TPSA) is 65.0 Å². The normalized spacial score (nSPS) is 25.2. The molecule has 2 heterocycles. The number of hydrogen-bond donors (Lipinski definition) is 0. The Balaban J connectivity index is 1.73. The number of para-hydroxylation sites is 1. The average molecular weight is 480 g/mol. The predicted octanol–water partition coefficient (Wildman–Crippen LogP) is 5.53. The van der Waals surface area contributed by atoms with Gasteiger partial charge in [-0.15, -0.1) is 6.58 Å². The molecule has 168 valence electrons. The van der Waals surface area contributed by atoms with Crippen LogP contribution in [0.2, 0.25) is 5.02 Å². The lowest BCUT2D eigenvalue weighted by Gasteiger charge is -2.33. The summed E-state index contributed by atoms with van der Waals surface area (Å²) >= 11 is 6.10. The third kappa shape index (κ3) is 3.59. The Morgan fingerprint density at radius 2 is 1.76 bits per heavy atom. The van der Waals surface area contributed by atoms with Gasteiger partial charge in [-0.25, -0.2) is 0 Å². The van der Waals surface area contributed by atoms with E-state index < -0.39 is 21.7 Å². The minimum Gasteiger partial charge on any atom is -0.476 e. The zero-order chi connectivity index (χ0) is 23.2. The van der Waals surface area contributed by atoms with Crippen molar-refractivity contribution in [2.45, 2.75) is 23.5 Å². The van der Waals surface area contributed by atoms with Crippen LogP contribution in [0.3, 0.4) is 0 Å². The first-order valence-corrected chi connectivity index (χ1v) is 12.4.